The number of nitrogens with one attached hydrogen (secondary N) is 1. The summed E-state index contributed by atoms with van der Waals surface area (Å²) in [5, 5.41) is 1.76. The van der Waals surface area contributed by atoms with E-state index in [1.165, 1.54) is 0 Å². The van der Waals surface area contributed by atoms with E-state index >= 15 is 0 Å². The highest BCUT2D eigenvalue weighted by Gasteiger charge is 2.16. The molecular formula is C14H17NO2S. The quantitative estimate of drug-likeness (QED) is 0.922. The molecule has 0 radical (unpaired) electrons. The second-order valence-electron chi connectivity index (χ2n) is 4.32. The molecule has 0 aliphatic carbocycles. The summed E-state index contributed by atoms with van der Waals surface area (Å²) >= 11 is 0. The van der Waals surface area contributed by atoms with Gasteiger partial charge in [0.15, 0.2) is 0 Å². The fraction of sp³-hybridized carbons (Fsp3) is 0.286. The van der Waals surface area contributed by atoms with E-state index in [1.807, 2.05) is 44.2 Å². The fourth-order valence-electron chi connectivity index (χ4n) is 1.97. The van der Waals surface area contributed by atoms with Gasteiger partial charge in [-0.25, -0.2) is 13.1 Å². The Morgan fingerprint density at radius 2 is 1.72 bits per heavy atom. The maximum Gasteiger partial charge on any atom is 0.241 e. The molecule has 0 heterocycles. The number of benzene rings is 2. The first-order valence-corrected chi connectivity index (χ1v) is 7.52. The van der Waals surface area contributed by atoms with E-state index in [0.29, 0.717) is 11.4 Å². The standard InChI is InChI=1S/C14H17NO2S/c1-3-10-15-18(16,17)14-9-8-11(2)12-6-4-5-7-13(12)14/h4-9,15H,3,10H2,1-2H3. The molecule has 2 aromatic rings. The van der Waals surface area contributed by atoms with E-state index in [4.69, 9.17) is 0 Å². The third-order valence-electron chi connectivity index (χ3n) is 2.93. The zero-order valence-electron chi connectivity index (χ0n) is 10.6. The Bertz CT molecular complexity index is 663. The second-order valence-corrected chi connectivity index (χ2v) is 6.06. The Hall–Kier alpha value is -1.39. The van der Waals surface area contributed by atoms with Crippen LogP contribution < -0.4 is 4.72 Å². The molecule has 2 rings (SSSR count). The lowest BCUT2D eigenvalue weighted by atomic mass is 10.1. The largest absolute Gasteiger partial charge is 0.241 e. The van der Waals surface area contributed by atoms with E-state index in [2.05, 4.69) is 4.72 Å². The average molecular weight is 263 g/mol. The third-order valence-corrected chi connectivity index (χ3v) is 4.45. The third kappa shape index (κ3) is 2.40. The molecule has 96 valence electrons. The lowest BCUT2D eigenvalue weighted by molar-refractivity contribution is 0.581. The minimum atomic E-state index is -3.42. The van der Waals surface area contributed by atoms with Crippen molar-refractivity contribution in [2.45, 2.75) is 25.2 Å². The molecule has 0 aliphatic rings. The van der Waals surface area contributed by atoms with Gasteiger partial charge in [-0.3, -0.25) is 0 Å². The summed E-state index contributed by atoms with van der Waals surface area (Å²) in [6.45, 7) is 4.39. The minimum Gasteiger partial charge on any atom is -0.211 e. The summed E-state index contributed by atoms with van der Waals surface area (Å²) in [5.41, 5.74) is 1.08. The van der Waals surface area contributed by atoms with Crippen molar-refractivity contribution >= 4 is 20.8 Å². The molecule has 0 saturated carbocycles. The Morgan fingerprint density at radius 1 is 1.06 bits per heavy atom. The molecule has 4 heteroatoms. The van der Waals surface area contributed by atoms with E-state index in [1.54, 1.807) is 6.07 Å². The molecule has 18 heavy (non-hydrogen) atoms. The summed E-state index contributed by atoms with van der Waals surface area (Å²) in [6.07, 6.45) is 0.781. The number of sulfonamides is 1. The molecule has 0 fully saturated rings. The minimum absolute atomic E-state index is 0.358. The summed E-state index contributed by atoms with van der Waals surface area (Å²) < 4.78 is 27.0. The van der Waals surface area contributed by atoms with Crippen LogP contribution >= 0.6 is 0 Å². The normalized spacial score (nSPS) is 11.9. The van der Waals surface area contributed by atoms with Gasteiger partial charge in [-0.2, -0.15) is 0 Å². The number of aryl methyl sites for hydroxylation is 1. The average Bonchev–Trinajstić information content (AvgIpc) is 2.37. The van der Waals surface area contributed by atoms with Crippen molar-refractivity contribution in [2.75, 3.05) is 6.54 Å². The summed E-state index contributed by atoms with van der Waals surface area (Å²) in [4.78, 5) is 0.358. The molecule has 0 saturated heterocycles. The van der Waals surface area contributed by atoms with Gasteiger partial charge < -0.3 is 0 Å². The SMILES string of the molecule is CCCNS(=O)(=O)c1ccc(C)c2ccccc12. The van der Waals surface area contributed by atoms with Crippen molar-refractivity contribution in [1.29, 1.82) is 0 Å². The Balaban J connectivity index is 2.62. The number of rotatable bonds is 4. The van der Waals surface area contributed by atoms with E-state index in [-0.39, 0.29) is 0 Å². The van der Waals surface area contributed by atoms with Crippen LogP contribution in [0.2, 0.25) is 0 Å². The summed E-state index contributed by atoms with van der Waals surface area (Å²) in [5.74, 6) is 0. The first-order chi connectivity index (χ1) is 8.56. The van der Waals surface area contributed by atoms with Gasteiger partial charge in [-0.15, -0.1) is 0 Å². The van der Waals surface area contributed by atoms with Crippen LogP contribution in [0.4, 0.5) is 0 Å². The van der Waals surface area contributed by atoms with Gasteiger partial charge in [0.1, 0.15) is 0 Å². The second kappa shape index (κ2) is 5.08. The number of fused-ring (bicyclic) bond motifs is 1. The lowest BCUT2D eigenvalue weighted by Gasteiger charge is -2.10. The van der Waals surface area contributed by atoms with Gasteiger partial charge >= 0.3 is 0 Å². The van der Waals surface area contributed by atoms with E-state index < -0.39 is 10.0 Å². The molecule has 3 nitrogen and oxygen atoms in total. The number of hydrogen-bond donors (Lipinski definition) is 1. The van der Waals surface area contributed by atoms with Gasteiger partial charge in [0.2, 0.25) is 10.0 Å². The van der Waals surface area contributed by atoms with Crippen molar-refractivity contribution in [3.8, 4) is 0 Å². The van der Waals surface area contributed by atoms with Crippen LogP contribution in [0.5, 0.6) is 0 Å². The molecular weight excluding hydrogens is 246 g/mol. The highest BCUT2D eigenvalue weighted by molar-refractivity contribution is 7.89. The smallest absolute Gasteiger partial charge is 0.211 e. The van der Waals surface area contributed by atoms with E-state index in [9.17, 15) is 8.42 Å². The maximum absolute atomic E-state index is 12.2. The van der Waals surface area contributed by atoms with Crippen molar-refractivity contribution in [2.24, 2.45) is 0 Å². The van der Waals surface area contributed by atoms with Crippen molar-refractivity contribution in [3.63, 3.8) is 0 Å². The van der Waals surface area contributed by atoms with Crippen LogP contribution in [0.3, 0.4) is 0 Å². The van der Waals surface area contributed by atoms with Gasteiger partial charge in [0, 0.05) is 11.9 Å². The summed E-state index contributed by atoms with van der Waals surface area (Å²) in [6, 6.07) is 11.1. The Kier molecular flexibility index (Phi) is 3.68. The zero-order chi connectivity index (χ0) is 13.2. The first-order valence-electron chi connectivity index (χ1n) is 6.04. The van der Waals surface area contributed by atoms with Gasteiger partial charge in [-0.05, 0) is 30.4 Å². The van der Waals surface area contributed by atoms with Crippen molar-refractivity contribution < 1.29 is 8.42 Å². The van der Waals surface area contributed by atoms with E-state index in [0.717, 1.165) is 22.8 Å². The molecule has 2 aromatic carbocycles. The monoisotopic (exact) mass is 263 g/mol. The summed E-state index contributed by atoms with van der Waals surface area (Å²) in [7, 11) is -3.42. The van der Waals surface area contributed by atoms with Crippen LogP contribution in [0.1, 0.15) is 18.9 Å². The van der Waals surface area contributed by atoms with Crippen LogP contribution in [-0.2, 0) is 10.0 Å². The van der Waals surface area contributed by atoms with Crippen molar-refractivity contribution in [1.82, 2.24) is 4.72 Å². The van der Waals surface area contributed by atoms with Gasteiger partial charge in [-0.1, -0.05) is 37.3 Å². The Morgan fingerprint density at radius 3 is 2.39 bits per heavy atom. The zero-order valence-corrected chi connectivity index (χ0v) is 11.4. The Labute approximate surface area is 108 Å². The van der Waals surface area contributed by atoms with Crippen LogP contribution in [0, 0.1) is 6.92 Å². The lowest BCUT2D eigenvalue weighted by Crippen LogP contribution is -2.24. The fourth-order valence-corrected chi connectivity index (χ4v) is 3.31. The highest BCUT2D eigenvalue weighted by Crippen LogP contribution is 2.25. The molecule has 0 atom stereocenters. The van der Waals surface area contributed by atoms with Gasteiger partial charge in [0.05, 0.1) is 4.90 Å². The predicted octanol–water partition coefficient (Wildman–Crippen LogP) is 2.84. The van der Waals surface area contributed by atoms with Crippen LogP contribution in [0.15, 0.2) is 41.3 Å². The van der Waals surface area contributed by atoms with Crippen LogP contribution in [0.25, 0.3) is 10.8 Å². The first kappa shape index (κ1) is 13.1. The van der Waals surface area contributed by atoms with Crippen molar-refractivity contribution in [3.05, 3.63) is 42.0 Å². The molecule has 1 N–H and O–H groups in total. The molecule has 0 aromatic heterocycles. The molecule has 0 bridgehead atoms. The maximum atomic E-state index is 12.2. The highest BCUT2D eigenvalue weighted by atomic mass is 32.2. The predicted molar refractivity (Wildman–Crippen MR) is 74.2 cm³/mol. The molecule has 0 unspecified atom stereocenters. The number of hydrogen-bond acceptors (Lipinski definition) is 2. The molecule has 0 spiro atoms. The topological polar surface area (TPSA) is 46.2 Å². The van der Waals surface area contributed by atoms with Crippen LogP contribution in [-0.4, -0.2) is 15.0 Å². The molecule has 0 aliphatic heterocycles. The molecule has 0 amide bonds. The van der Waals surface area contributed by atoms with Gasteiger partial charge in [0.25, 0.3) is 0 Å².